The molecule has 0 fully saturated rings. The number of carbonyl (C=O) groups is 2. The van der Waals surface area contributed by atoms with Crippen molar-refractivity contribution in [3.63, 3.8) is 0 Å². The average Bonchev–Trinajstić information content (AvgIpc) is 3.35. The SMILES string of the molecule is Cc1cc(O)c(O)cc1C(c1cc(O)c(O)cc1C)c1cc(Cc2ccc(OCc3ccc(C(=O)O)cc3)c(C(c3cc(O)c(O)cc3C)c3cc(O)c(O)cc3C)c2)ccc1OCc1ccc(C(=O)O)cc1. The molecule has 0 aromatic heterocycles. The van der Waals surface area contributed by atoms with Crippen LogP contribution >= 0.6 is 0 Å². The Hall–Kier alpha value is -9.30. The van der Waals surface area contributed by atoms with Crippen molar-refractivity contribution < 1.29 is 70.1 Å². The highest BCUT2D eigenvalue weighted by atomic mass is 16.5. The van der Waals surface area contributed by atoms with Gasteiger partial charge in [-0.3, -0.25) is 0 Å². The van der Waals surface area contributed by atoms with Gasteiger partial charge in [0, 0.05) is 23.0 Å². The summed E-state index contributed by atoms with van der Waals surface area (Å²) in [6.07, 6.45) is 0.270. The Balaban J connectivity index is 1.31. The van der Waals surface area contributed by atoms with Crippen molar-refractivity contribution in [2.24, 2.45) is 0 Å². The van der Waals surface area contributed by atoms with Crippen molar-refractivity contribution in [1.29, 1.82) is 0 Å². The quantitative estimate of drug-likeness (QED) is 0.0319. The van der Waals surface area contributed by atoms with Gasteiger partial charge in [-0.25, -0.2) is 9.59 Å². The molecule has 0 saturated carbocycles. The summed E-state index contributed by atoms with van der Waals surface area (Å²) in [5.74, 6) is -5.88. The smallest absolute Gasteiger partial charge is 0.335 e. The van der Waals surface area contributed by atoms with E-state index in [2.05, 4.69) is 0 Å². The Labute approximate surface area is 419 Å². The predicted octanol–water partition coefficient (Wildman–Crippen LogP) is 11.1. The van der Waals surface area contributed by atoms with Gasteiger partial charge in [0.1, 0.15) is 24.7 Å². The van der Waals surface area contributed by atoms with Crippen molar-refractivity contribution in [3.8, 4) is 57.5 Å². The molecule has 0 spiro atoms. The van der Waals surface area contributed by atoms with Crippen LogP contribution in [0.1, 0.15) is 110 Å². The van der Waals surface area contributed by atoms with E-state index in [-0.39, 0.29) is 76.8 Å². The molecular weight excluding hydrogens is 933 g/mol. The predicted molar refractivity (Wildman–Crippen MR) is 271 cm³/mol. The number of benzene rings is 8. The molecule has 0 aliphatic carbocycles. The molecule has 8 rings (SSSR count). The fourth-order valence-corrected chi connectivity index (χ4v) is 9.21. The van der Waals surface area contributed by atoms with Crippen molar-refractivity contribution in [2.45, 2.75) is 59.2 Å². The molecule has 372 valence electrons. The van der Waals surface area contributed by atoms with E-state index in [4.69, 9.17) is 9.47 Å². The highest BCUT2D eigenvalue weighted by molar-refractivity contribution is 5.88. The molecule has 10 N–H and O–H groups in total. The Morgan fingerprint density at radius 3 is 0.890 bits per heavy atom. The molecule has 0 heterocycles. The van der Waals surface area contributed by atoms with E-state index in [0.29, 0.717) is 78.3 Å². The van der Waals surface area contributed by atoms with Gasteiger partial charge in [0.2, 0.25) is 0 Å². The van der Waals surface area contributed by atoms with E-state index in [1.807, 2.05) is 24.3 Å². The summed E-state index contributed by atoms with van der Waals surface area (Å²) in [5.41, 5.74) is 8.71. The van der Waals surface area contributed by atoms with Crippen molar-refractivity contribution >= 4 is 11.9 Å². The zero-order chi connectivity index (χ0) is 52.4. The fraction of sp³-hybridized carbons (Fsp3) is 0.153. The summed E-state index contributed by atoms with van der Waals surface area (Å²) in [4.78, 5) is 23.2. The second-order valence-corrected chi connectivity index (χ2v) is 18.2. The molecule has 0 radical (unpaired) electrons. The van der Waals surface area contributed by atoms with Crippen molar-refractivity contribution in [1.82, 2.24) is 0 Å². The zero-order valence-corrected chi connectivity index (χ0v) is 40.1. The number of phenolic OH excluding ortho intramolecular Hbond substituents is 8. The standard InChI is InChI=1S/C59H52O14/c1-30-17-46(60)50(64)24-40(30)56(41-25-51(65)47(61)18-31(41)2)44-22-36(9-15-54(44)72-28-34-5-11-38(12-6-34)58(68)69)21-37-10-16-55(73-29-35-7-13-39(14-8-35)59(70)71)45(23-37)57(42-26-52(66)48(62)19-32(42)3)43-27-53(67)49(63)20-33(43)4/h5-20,22-27,56-57,60-67H,21,28-29H2,1-4H3,(H,68,69)(H,70,71). The van der Waals surface area contributed by atoms with Crippen molar-refractivity contribution in [3.05, 3.63) is 222 Å². The Bertz CT molecular complexity index is 3070. The Kier molecular flexibility index (Phi) is 14.1. The minimum atomic E-state index is -1.08. The van der Waals surface area contributed by atoms with Gasteiger partial charge < -0.3 is 60.5 Å². The summed E-state index contributed by atoms with van der Waals surface area (Å²) in [6.45, 7) is 7.11. The maximum absolute atomic E-state index is 11.6. The summed E-state index contributed by atoms with van der Waals surface area (Å²) in [7, 11) is 0. The maximum atomic E-state index is 11.6. The summed E-state index contributed by atoms with van der Waals surface area (Å²) < 4.78 is 13.1. The number of phenols is 8. The number of carboxylic acid groups (broad SMARTS) is 2. The first kappa shape index (κ1) is 50.1. The van der Waals surface area contributed by atoms with Crippen LogP contribution < -0.4 is 9.47 Å². The first-order chi connectivity index (χ1) is 34.8. The number of aromatic hydroxyl groups is 8. The van der Waals surface area contributed by atoms with Crippen LogP contribution in [0, 0.1) is 27.7 Å². The molecule has 14 nitrogen and oxygen atoms in total. The lowest BCUT2D eigenvalue weighted by Gasteiger charge is -2.27. The highest BCUT2D eigenvalue weighted by Crippen LogP contribution is 2.48. The van der Waals surface area contributed by atoms with Gasteiger partial charge in [-0.2, -0.15) is 0 Å². The largest absolute Gasteiger partial charge is 0.504 e. The molecule has 0 aliphatic heterocycles. The van der Waals surface area contributed by atoms with Gasteiger partial charge in [0.15, 0.2) is 46.0 Å². The Morgan fingerprint density at radius 1 is 0.356 bits per heavy atom. The van der Waals surface area contributed by atoms with E-state index >= 15 is 0 Å². The van der Waals surface area contributed by atoms with Gasteiger partial charge in [-0.1, -0.05) is 48.5 Å². The highest BCUT2D eigenvalue weighted by Gasteiger charge is 2.30. The lowest BCUT2D eigenvalue weighted by Crippen LogP contribution is -2.11. The van der Waals surface area contributed by atoms with E-state index in [0.717, 1.165) is 11.1 Å². The summed E-state index contributed by atoms with van der Waals surface area (Å²) in [6, 6.07) is 35.2. The molecule has 14 heteroatoms. The van der Waals surface area contributed by atoms with E-state index in [9.17, 15) is 60.7 Å². The van der Waals surface area contributed by atoms with Crippen LogP contribution in [0.2, 0.25) is 0 Å². The monoisotopic (exact) mass is 984 g/mol. The van der Waals surface area contributed by atoms with E-state index < -0.39 is 23.8 Å². The first-order valence-corrected chi connectivity index (χ1v) is 23.0. The van der Waals surface area contributed by atoms with E-state index in [1.54, 1.807) is 64.1 Å². The molecule has 0 aliphatic rings. The summed E-state index contributed by atoms with van der Waals surface area (Å²) >= 11 is 0. The number of aromatic carboxylic acids is 2. The molecule has 73 heavy (non-hydrogen) atoms. The second-order valence-electron chi connectivity index (χ2n) is 18.2. The summed E-state index contributed by atoms with van der Waals surface area (Å²) in [5, 5.41) is 105. The normalized spacial score (nSPS) is 11.3. The van der Waals surface area contributed by atoms with Gasteiger partial charge >= 0.3 is 11.9 Å². The van der Waals surface area contributed by atoms with Gasteiger partial charge in [0.25, 0.3) is 0 Å². The Morgan fingerprint density at radius 2 is 0.616 bits per heavy atom. The molecule has 0 atom stereocenters. The third-order valence-corrected chi connectivity index (χ3v) is 13.1. The molecular formula is C59H52O14. The molecule has 8 aromatic carbocycles. The number of hydrogen-bond donors (Lipinski definition) is 10. The minimum absolute atomic E-state index is 0.0208. The first-order valence-electron chi connectivity index (χ1n) is 23.0. The third kappa shape index (κ3) is 10.7. The molecule has 0 amide bonds. The average molecular weight is 985 g/mol. The van der Waals surface area contributed by atoms with Crippen LogP contribution in [0.25, 0.3) is 0 Å². The number of hydrogen-bond acceptors (Lipinski definition) is 12. The molecule has 0 unspecified atom stereocenters. The van der Waals surface area contributed by atoms with Crippen LogP contribution in [0.5, 0.6) is 57.5 Å². The lowest BCUT2D eigenvalue weighted by atomic mass is 9.79. The van der Waals surface area contributed by atoms with Crippen LogP contribution in [-0.4, -0.2) is 63.0 Å². The zero-order valence-electron chi connectivity index (χ0n) is 40.1. The number of ether oxygens (including phenoxy) is 2. The maximum Gasteiger partial charge on any atom is 0.335 e. The van der Waals surface area contributed by atoms with Crippen molar-refractivity contribution in [2.75, 3.05) is 0 Å². The van der Waals surface area contributed by atoms with Crippen LogP contribution in [0.3, 0.4) is 0 Å². The van der Waals surface area contributed by atoms with Crippen LogP contribution in [0.15, 0.2) is 133 Å². The minimum Gasteiger partial charge on any atom is -0.504 e. The molecule has 8 aromatic rings. The van der Waals surface area contributed by atoms with Gasteiger partial charge in [-0.15, -0.1) is 0 Å². The van der Waals surface area contributed by atoms with Gasteiger partial charge in [-0.05, 0) is 186 Å². The lowest BCUT2D eigenvalue weighted by molar-refractivity contribution is 0.0686. The molecule has 0 saturated heterocycles. The van der Waals surface area contributed by atoms with E-state index in [1.165, 1.54) is 72.8 Å². The fourth-order valence-electron chi connectivity index (χ4n) is 9.21. The van der Waals surface area contributed by atoms with Gasteiger partial charge in [0.05, 0.1) is 11.1 Å². The number of rotatable bonds is 16. The third-order valence-electron chi connectivity index (χ3n) is 13.1. The number of carboxylic acids is 2. The second kappa shape index (κ2) is 20.6. The van der Waals surface area contributed by atoms with Crippen LogP contribution in [0.4, 0.5) is 0 Å². The molecule has 0 bridgehead atoms. The number of aryl methyl sites for hydroxylation is 4. The topological polar surface area (TPSA) is 255 Å². The van der Waals surface area contributed by atoms with Crippen LogP contribution in [-0.2, 0) is 19.6 Å².